The number of nitrogens with one attached hydrogen (secondary N) is 2. The SMILES string of the molecule is CCCC1CC1NC(=O)Nc1cc(Br)cc(C(=O)O)c1. The quantitative estimate of drug-likeness (QED) is 0.767. The van der Waals surface area contributed by atoms with Gasteiger partial charge < -0.3 is 15.7 Å². The molecule has 0 aliphatic heterocycles. The van der Waals surface area contributed by atoms with Crippen molar-refractivity contribution >= 4 is 33.6 Å². The second-order valence-corrected chi connectivity index (χ2v) is 5.94. The van der Waals surface area contributed by atoms with Crippen molar-refractivity contribution in [1.29, 1.82) is 0 Å². The molecule has 1 aromatic carbocycles. The Kier molecular flexibility index (Phi) is 4.65. The molecule has 3 N–H and O–H groups in total. The molecular formula is C14H17BrN2O3. The zero-order valence-corrected chi connectivity index (χ0v) is 12.7. The summed E-state index contributed by atoms with van der Waals surface area (Å²) in [7, 11) is 0. The predicted molar refractivity (Wildman–Crippen MR) is 80.1 cm³/mol. The van der Waals surface area contributed by atoms with Crippen LogP contribution in [0.15, 0.2) is 22.7 Å². The Morgan fingerprint density at radius 1 is 1.40 bits per heavy atom. The van der Waals surface area contributed by atoms with Gasteiger partial charge in [0.2, 0.25) is 0 Å². The van der Waals surface area contributed by atoms with E-state index in [1.807, 2.05) is 0 Å². The number of carboxylic acid groups (broad SMARTS) is 1. The number of urea groups is 1. The number of rotatable bonds is 5. The fourth-order valence-electron chi connectivity index (χ4n) is 2.24. The maximum atomic E-state index is 11.8. The van der Waals surface area contributed by atoms with E-state index in [9.17, 15) is 9.59 Å². The lowest BCUT2D eigenvalue weighted by molar-refractivity contribution is 0.0697. The third-order valence-corrected chi connectivity index (χ3v) is 3.76. The van der Waals surface area contributed by atoms with E-state index in [0.717, 1.165) is 19.3 Å². The molecule has 1 saturated carbocycles. The lowest BCUT2D eigenvalue weighted by Crippen LogP contribution is -2.31. The van der Waals surface area contributed by atoms with Crippen molar-refractivity contribution in [3.05, 3.63) is 28.2 Å². The molecule has 0 saturated heterocycles. The molecule has 0 radical (unpaired) electrons. The standard InChI is InChI=1S/C14H17BrN2O3/c1-2-3-8-6-12(8)17-14(20)16-11-5-9(13(18)19)4-10(15)7-11/h4-5,7-8,12H,2-3,6H2,1H3,(H,18,19)(H2,16,17,20). The van der Waals surface area contributed by atoms with Gasteiger partial charge in [-0.05, 0) is 37.0 Å². The highest BCUT2D eigenvalue weighted by Gasteiger charge is 2.37. The van der Waals surface area contributed by atoms with Crippen LogP contribution in [0, 0.1) is 5.92 Å². The van der Waals surface area contributed by atoms with Crippen LogP contribution in [-0.2, 0) is 0 Å². The van der Waals surface area contributed by atoms with Crippen molar-refractivity contribution in [2.45, 2.75) is 32.2 Å². The average Bonchev–Trinajstić information content (AvgIpc) is 3.06. The molecule has 0 spiro atoms. The highest BCUT2D eigenvalue weighted by atomic mass is 79.9. The summed E-state index contributed by atoms with van der Waals surface area (Å²) in [6, 6.07) is 4.55. The predicted octanol–water partition coefficient (Wildman–Crippen LogP) is 3.46. The van der Waals surface area contributed by atoms with Gasteiger partial charge in [0.1, 0.15) is 0 Å². The van der Waals surface area contributed by atoms with E-state index >= 15 is 0 Å². The fraction of sp³-hybridized carbons (Fsp3) is 0.429. The molecule has 5 nitrogen and oxygen atoms in total. The molecule has 20 heavy (non-hydrogen) atoms. The lowest BCUT2D eigenvalue weighted by Gasteiger charge is -2.08. The first kappa shape index (κ1) is 14.8. The van der Waals surface area contributed by atoms with Crippen molar-refractivity contribution < 1.29 is 14.7 Å². The van der Waals surface area contributed by atoms with Gasteiger partial charge in [0.05, 0.1) is 5.56 Å². The Morgan fingerprint density at radius 3 is 2.80 bits per heavy atom. The Morgan fingerprint density at radius 2 is 2.15 bits per heavy atom. The number of carbonyl (C=O) groups excluding carboxylic acids is 1. The summed E-state index contributed by atoms with van der Waals surface area (Å²) in [5.74, 6) is -0.442. The van der Waals surface area contributed by atoms with E-state index in [1.165, 1.54) is 12.1 Å². The number of carbonyl (C=O) groups is 2. The second kappa shape index (κ2) is 6.26. The summed E-state index contributed by atoms with van der Waals surface area (Å²) in [4.78, 5) is 22.8. The summed E-state index contributed by atoms with van der Waals surface area (Å²) in [6.07, 6.45) is 3.28. The van der Waals surface area contributed by atoms with Crippen molar-refractivity contribution in [3.63, 3.8) is 0 Å². The third-order valence-electron chi connectivity index (χ3n) is 3.30. The number of hydrogen-bond acceptors (Lipinski definition) is 2. The largest absolute Gasteiger partial charge is 0.478 e. The van der Waals surface area contributed by atoms with Crippen LogP contribution in [0.25, 0.3) is 0 Å². The minimum absolute atomic E-state index is 0.130. The first-order valence-electron chi connectivity index (χ1n) is 6.61. The second-order valence-electron chi connectivity index (χ2n) is 5.02. The van der Waals surface area contributed by atoms with Gasteiger partial charge in [0, 0.05) is 16.2 Å². The van der Waals surface area contributed by atoms with Crippen LogP contribution < -0.4 is 10.6 Å². The Balaban J connectivity index is 1.93. The number of carboxylic acids is 1. The smallest absolute Gasteiger partial charge is 0.335 e. The molecule has 2 unspecified atom stereocenters. The Bertz CT molecular complexity index is 533. The van der Waals surface area contributed by atoms with Crippen LogP contribution in [0.2, 0.25) is 0 Å². The summed E-state index contributed by atoms with van der Waals surface area (Å²) in [5.41, 5.74) is 0.590. The van der Waals surface area contributed by atoms with Gasteiger partial charge in [-0.3, -0.25) is 0 Å². The van der Waals surface area contributed by atoms with Crippen LogP contribution >= 0.6 is 15.9 Å². The first-order chi connectivity index (χ1) is 9.49. The number of aromatic carboxylic acids is 1. The van der Waals surface area contributed by atoms with Crippen LogP contribution in [0.3, 0.4) is 0 Å². The molecule has 108 valence electrons. The van der Waals surface area contributed by atoms with Crippen molar-refractivity contribution in [3.8, 4) is 0 Å². The minimum atomic E-state index is -1.03. The van der Waals surface area contributed by atoms with E-state index in [-0.39, 0.29) is 17.6 Å². The molecule has 1 aliphatic rings. The van der Waals surface area contributed by atoms with Gasteiger partial charge in [0.15, 0.2) is 0 Å². The van der Waals surface area contributed by atoms with Crippen LogP contribution in [0.1, 0.15) is 36.5 Å². The van der Waals surface area contributed by atoms with E-state index in [0.29, 0.717) is 16.1 Å². The van der Waals surface area contributed by atoms with Gasteiger partial charge in [-0.1, -0.05) is 29.3 Å². The molecule has 0 aromatic heterocycles. The lowest BCUT2D eigenvalue weighted by atomic mass is 10.2. The molecule has 0 bridgehead atoms. The zero-order valence-electron chi connectivity index (χ0n) is 11.1. The van der Waals surface area contributed by atoms with Gasteiger partial charge in [0.25, 0.3) is 0 Å². The van der Waals surface area contributed by atoms with Crippen molar-refractivity contribution in [2.24, 2.45) is 5.92 Å². The van der Waals surface area contributed by atoms with Crippen molar-refractivity contribution in [2.75, 3.05) is 5.32 Å². The maximum absolute atomic E-state index is 11.8. The molecule has 6 heteroatoms. The maximum Gasteiger partial charge on any atom is 0.335 e. The van der Waals surface area contributed by atoms with Gasteiger partial charge >= 0.3 is 12.0 Å². The first-order valence-corrected chi connectivity index (χ1v) is 7.40. The molecule has 1 fully saturated rings. The van der Waals surface area contributed by atoms with Crippen LogP contribution in [-0.4, -0.2) is 23.1 Å². The zero-order chi connectivity index (χ0) is 14.7. The highest BCUT2D eigenvalue weighted by molar-refractivity contribution is 9.10. The Labute approximate surface area is 125 Å². The molecular weight excluding hydrogens is 324 g/mol. The monoisotopic (exact) mass is 340 g/mol. The Hall–Kier alpha value is -1.56. The molecule has 1 aliphatic carbocycles. The summed E-state index contributed by atoms with van der Waals surface area (Å²) >= 11 is 3.23. The van der Waals surface area contributed by atoms with Gasteiger partial charge in [-0.25, -0.2) is 9.59 Å². The van der Waals surface area contributed by atoms with Gasteiger partial charge in [-0.2, -0.15) is 0 Å². The number of anilines is 1. The highest BCUT2D eigenvalue weighted by Crippen LogP contribution is 2.34. The molecule has 2 amide bonds. The average molecular weight is 341 g/mol. The number of benzene rings is 1. The van der Waals surface area contributed by atoms with E-state index in [2.05, 4.69) is 33.5 Å². The number of amides is 2. The minimum Gasteiger partial charge on any atom is -0.478 e. The van der Waals surface area contributed by atoms with Crippen molar-refractivity contribution in [1.82, 2.24) is 5.32 Å². The number of halogens is 1. The molecule has 2 rings (SSSR count). The van der Waals surface area contributed by atoms with E-state index in [1.54, 1.807) is 6.07 Å². The normalized spacial score (nSPS) is 20.3. The van der Waals surface area contributed by atoms with Crippen LogP contribution in [0.5, 0.6) is 0 Å². The third kappa shape index (κ3) is 3.96. The molecule has 0 heterocycles. The summed E-state index contributed by atoms with van der Waals surface area (Å²) in [6.45, 7) is 2.13. The van der Waals surface area contributed by atoms with Gasteiger partial charge in [-0.15, -0.1) is 0 Å². The summed E-state index contributed by atoms with van der Waals surface area (Å²) < 4.78 is 0.614. The number of hydrogen-bond donors (Lipinski definition) is 3. The van der Waals surface area contributed by atoms with E-state index in [4.69, 9.17) is 5.11 Å². The van der Waals surface area contributed by atoms with Crippen LogP contribution in [0.4, 0.5) is 10.5 Å². The summed E-state index contributed by atoms with van der Waals surface area (Å²) in [5, 5.41) is 14.5. The van der Waals surface area contributed by atoms with E-state index < -0.39 is 5.97 Å². The molecule has 2 atom stereocenters. The fourth-order valence-corrected chi connectivity index (χ4v) is 2.73. The molecule has 1 aromatic rings. The topological polar surface area (TPSA) is 78.4 Å².